The fourth-order valence-corrected chi connectivity index (χ4v) is 4.96. The first-order valence-corrected chi connectivity index (χ1v) is 11.5. The van der Waals surface area contributed by atoms with E-state index in [4.69, 9.17) is 4.74 Å². The van der Waals surface area contributed by atoms with Crippen LogP contribution in [0.15, 0.2) is 41.8 Å². The van der Waals surface area contributed by atoms with Crippen LogP contribution >= 0.6 is 22.7 Å². The van der Waals surface area contributed by atoms with Crippen LogP contribution in [0.1, 0.15) is 18.9 Å². The zero-order valence-corrected chi connectivity index (χ0v) is 18.0. The van der Waals surface area contributed by atoms with Gasteiger partial charge in [-0.1, -0.05) is 42.9 Å². The fourth-order valence-electron chi connectivity index (χ4n) is 3.27. The molecule has 4 rings (SSSR count). The Morgan fingerprint density at radius 3 is 2.59 bits per heavy atom. The second-order valence-electron chi connectivity index (χ2n) is 6.92. The van der Waals surface area contributed by atoms with Gasteiger partial charge in [-0.3, -0.25) is 4.79 Å². The molecule has 0 atom stereocenters. The van der Waals surface area contributed by atoms with Crippen LogP contribution in [0.2, 0.25) is 0 Å². The third kappa shape index (κ3) is 4.94. The van der Waals surface area contributed by atoms with Gasteiger partial charge >= 0.3 is 0 Å². The number of piperazine rings is 1. The van der Waals surface area contributed by atoms with Crippen LogP contribution in [0, 0.1) is 0 Å². The lowest BCUT2D eigenvalue weighted by atomic mass is 10.1. The zero-order valence-electron chi connectivity index (χ0n) is 16.4. The summed E-state index contributed by atoms with van der Waals surface area (Å²) in [6.07, 6.45) is 2.18. The standard InChI is InChI=1S/C21H24N4O2S2/c1-2-4-16-6-8-17(9-7-16)27-15-19(26)24-10-12-25(13-11-24)21-23-22-20(29-21)18-5-3-14-28-18/h3,5-9,14H,2,4,10-13,15H2,1H3. The molecule has 0 unspecified atom stereocenters. The van der Waals surface area contributed by atoms with E-state index in [0.717, 1.165) is 46.7 Å². The number of benzene rings is 1. The molecule has 3 heterocycles. The van der Waals surface area contributed by atoms with E-state index in [1.54, 1.807) is 22.7 Å². The van der Waals surface area contributed by atoms with Gasteiger partial charge in [0.2, 0.25) is 5.13 Å². The highest BCUT2D eigenvalue weighted by atomic mass is 32.1. The zero-order chi connectivity index (χ0) is 20.1. The number of carbonyl (C=O) groups excluding carboxylic acids is 1. The number of ether oxygens (including phenoxy) is 1. The predicted octanol–water partition coefficient (Wildman–Crippen LogP) is 3.95. The summed E-state index contributed by atoms with van der Waals surface area (Å²) in [4.78, 5) is 17.7. The maximum Gasteiger partial charge on any atom is 0.260 e. The number of amides is 1. The highest BCUT2D eigenvalue weighted by Gasteiger charge is 2.24. The van der Waals surface area contributed by atoms with Gasteiger partial charge in [0.1, 0.15) is 5.75 Å². The van der Waals surface area contributed by atoms with Crippen molar-refractivity contribution in [2.24, 2.45) is 0 Å². The SMILES string of the molecule is CCCc1ccc(OCC(=O)N2CCN(c3nnc(-c4cccs4)s3)CC2)cc1. The summed E-state index contributed by atoms with van der Waals surface area (Å²) in [5.74, 6) is 0.769. The molecule has 1 aliphatic rings. The van der Waals surface area contributed by atoms with Crippen molar-refractivity contribution in [2.75, 3.05) is 37.7 Å². The van der Waals surface area contributed by atoms with Crippen LogP contribution in [0.25, 0.3) is 9.88 Å². The van der Waals surface area contributed by atoms with Crippen molar-refractivity contribution in [3.63, 3.8) is 0 Å². The summed E-state index contributed by atoms with van der Waals surface area (Å²) in [6, 6.07) is 12.1. The van der Waals surface area contributed by atoms with E-state index in [2.05, 4.69) is 40.2 Å². The third-order valence-corrected chi connectivity index (χ3v) is 6.90. The molecule has 8 heteroatoms. The summed E-state index contributed by atoms with van der Waals surface area (Å²) in [5, 5.41) is 12.6. The van der Waals surface area contributed by atoms with Crippen molar-refractivity contribution >= 4 is 33.7 Å². The van der Waals surface area contributed by atoms with E-state index >= 15 is 0 Å². The molecule has 152 valence electrons. The van der Waals surface area contributed by atoms with Crippen molar-refractivity contribution in [3.05, 3.63) is 47.3 Å². The lowest BCUT2D eigenvalue weighted by molar-refractivity contribution is -0.133. The first-order chi connectivity index (χ1) is 14.2. The lowest BCUT2D eigenvalue weighted by Crippen LogP contribution is -2.50. The van der Waals surface area contributed by atoms with Crippen LogP contribution in [0.5, 0.6) is 5.75 Å². The van der Waals surface area contributed by atoms with Crippen LogP contribution in [-0.2, 0) is 11.2 Å². The van der Waals surface area contributed by atoms with Crippen molar-refractivity contribution in [2.45, 2.75) is 19.8 Å². The summed E-state index contributed by atoms with van der Waals surface area (Å²) in [7, 11) is 0. The van der Waals surface area contributed by atoms with E-state index in [-0.39, 0.29) is 12.5 Å². The molecule has 0 radical (unpaired) electrons. The summed E-state index contributed by atoms with van der Waals surface area (Å²) in [6.45, 7) is 5.11. The van der Waals surface area contributed by atoms with Crippen molar-refractivity contribution in [1.82, 2.24) is 15.1 Å². The molecule has 1 amide bonds. The summed E-state index contributed by atoms with van der Waals surface area (Å²) < 4.78 is 5.69. The minimum atomic E-state index is 0.0267. The van der Waals surface area contributed by atoms with Gasteiger partial charge in [-0.2, -0.15) is 0 Å². The van der Waals surface area contributed by atoms with Crippen molar-refractivity contribution < 1.29 is 9.53 Å². The Morgan fingerprint density at radius 1 is 1.10 bits per heavy atom. The molecule has 29 heavy (non-hydrogen) atoms. The van der Waals surface area contributed by atoms with Crippen LogP contribution in [0.4, 0.5) is 5.13 Å². The van der Waals surface area contributed by atoms with Gasteiger partial charge in [0.15, 0.2) is 11.6 Å². The first kappa shape index (κ1) is 19.8. The van der Waals surface area contributed by atoms with Crippen LogP contribution < -0.4 is 9.64 Å². The van der Waals surface area contributed by atoms with Gasteiger partial charge < -0.3 is 14.5 Å². The van der Waals surface area contributed by atoms with Crippen LogP contribution in [-0.4, -0.2) is 53.8 Å². The van der Waals surface area contributed by atoms with Crippen molar-refractivity contribution in [3.8, 4) is 15.6 Å². The first-order valence-electron chi connectivity index (χ1n) is 9.85. The number of thiophene rings is 1. The molecule has 6 nitrogen and oxygen atoms in total. The number of aryl methyl sites for hydroxylation is 1. The van der Waals surface area contributed by atoms with Gasteiger partial charge in [-0.25, -0.2) is 0 Å². The molecular weight excluding hydrogens is 404 g/mol. The number of aromatic nitrogens is 2. The Labute approximate surface area is 178 Å². The topological polar surface area (TPSA) is 58.6 Å². The second-order valence-corrected chi connectivity index (χ2v) is 8.82. The van der Waals surface area contributed by atoms with Gasteiger partial charge in [0.05, 0.1) is 4.88 Å². The fraction of sp³-hybridized carbons (Fsp3) is 0.381. The molecule has 0 spiro atoms. The highest BCUT2D eigenvalue weighted by molar-refractivity contribution is 7.22. The van der Waals surface area contributed by atoms with Gasteiger partial charge in [-0.05, 0) is 35.6 Å². The Kier molecular flexibility index (Phi) is 6.41. The number of hydrogen-bond acceptors (Lipinski definition) is 7. The molecule has 3 aromatic rings. The second kappa shape index (κ2) is 9.37. The predicted molar refractivity (Wildman–Crippen MR) is 118 cm³/mol. The molecule has 0 aliphatic carbocycles. The Bertz CT molecular complexity index is 917. The minimum Gasteiger partial charge on any atom is -0.484 e. The van der Waals surface area contributed by atoms with E-state index < -0.39 is 0 Å². The Hall–Kier alpha value is -2.45. The quantitative estimate of drug-likeness (QED) is 0.570. The normalized spacial score (nSPS) is 14.2. The van der Waals surface area contributed by atoms with Gasteiger partial charge in [0.25, 0.3) is 5.91 Å². The summed E-state index contributed by atoms with van der Waals surface area (Å²) >= 11 is 3.27. The van der Waals surface area contributed by atoms with E-state index in [0.29, 0.717) is 13.1 Å². The maximum atomic E-state index is 12.5. The molecule has 0 saturated carbocycles. The molecule has 1 fully saturated rings. The van der Waals surface area contributed by atoms with Crippen molar-refractivity contribution in [1.29, 1.82) is 0 Å². The Balaban J connectivity index is 1.25. The van der Waals surface area contributed by atoms with Gasteiger partial charge in [0, 0.05) is 26.2 Å². The largest absolute Gasteiger partial charge is 0.484 e. The van der Waals surface area contributed by atoms with E-state index in [9.17, 15) is 4.79 Å². The average Bonchev–Trinajstić information content (AvgIpc) is 3.45. The molecule has 0 N–H and O–H groups in total. The highest BCUT2D eigenvalue weighted by Crippen LogP contribution is 2.31. The molecule has 2 aromatic heterocycles. The monoisotopic (exact) mass is 428 g/mol. The molecular formula is C21H24N4O2S2. The maximum absolute atomic E-state index is 12.5. The molecule has 1 aromatic carbocycles. The average molecular weight is 429 g/mol. The summed E-state index contributed by atoms with van der Waals surface area (Å²) in [5.41, 5.74) is 1.29. The van der Waals surface area contributed by atoms with E-state index in [1.807, 2.05) is 28.5 Å². The number of anilines is 1. The number of hydrogen-bond donors (Lipinski definition) is 0. The Morgan fingerprint density at radius 2 is 1.90 bits per heavy atom. The number of carbonyl (C=O) groups is 1. The van der Waals surface area contributed by atoms with Gasteiger partial charge in [-0.15, -0.1) is 21.5 Å². The molecule has 1 aliphatic heterocycles. The number of nitrogens with zero attached hydrogens (tertiary/aromatic N) is 4. The molecule has 0 bridgehead atoms. The number of rotatable bonds is 7. The lowest BCUT2D eigenvalue weighted by Gasteiger charge is -2.34. The smallest absolute Gasteiger partial charge is 0.260 e. The minimum absolute atomic E-state index is 0.0267. The van der Waals surface area contributed by atoms with E-state index in [1.165, 1.54) is 5.56 Å². The molecule has 1 saturated heterocycles. The van der Waals surface area contributed by atoms with Crippen LogP contribution in [0.3, 0.4) is 0 Å². The third-order valence-electron chi connectivity index (χ3n) is 4.87.